The topological polar surface area (TPSA) is 32.3 Å². The molecule has 3 heteroatoms. The van der Waals surface area contributed by atoms with Crippen molar-refractivity contribution in [1.29, 1.82) is 0 Å². The third-order valence-electron chi connectivity index (χ3n) is 5.78. The zero-order valence-electron chi connectivity index (χ0n) is 16.8. The van der Waals surface area contributed by atoms with Crippen LogP contribution in [0, 0.1) is 0 Å². The molecule has 0 bridgehead atoms. The van der Waals surface area contributed by atoms with Crippen LogP contribution in [-0.2, 0) is 13.0 Å². The summed E-state index contributed by atoms with van der Waals surface area (Å²) in [6.07, 6.45) is 2.76. The summed E-state index contributed by atoms with van der Waals surface area (Å²) in [6.45, 7) is 2.74. The third kappa shape index (κ3) is 5.20. The number of ketones is 1. The SMILES string of the molecule is O=C(Cc1ccccc1)c1ccccc1CNN1CCC(c2ccccc2)CC1. The fraction of sp³-hybridized carbons (Fsp3) is 0.269. The van der Waals surface area contributed by atoms with Gasteiger partial charge in [0.15, 0.2) is 5.78 Å². The van der Waals surface area contributed by atoms with Crippen LogP contribution in [0.1, 0.15) is 45.8 Å². The number of hydrogen-bond donors (Lipinski definition) is 1. The van der Waals surface area contributed by atoms with Gasteiger partial charge in [-0.2, -0.15) is 0 Å². The first-order valence-corrected chi connectivity index (χ1v) is 10.5. The second kappa shape index (κ2) is 9.64. The van der Waals surface area contributed by atoms with Crippen molar-refractivity contribution in [3.05, 3.63) is 107 Å². The van der Waals surface area contributed by atoms with Crippen molar-refractivity contribution in [2.24, 2.45) is 0 Å². The maximum Gasteiger partial charge on any atom is 0.167 e. The third-order valence-corrected chi connectivity index (χ3v) is 5.78. The van der Waals surface area contributed by atoms with E-state index in [0.29, 0.717) is 18.9 Å². The molecule has 0 atom stereocenters. The van der Waals surface area contributed by atoms with Gasteiger partial charge in [-0.15, -0.1) is 0 Å². The number of Topliss-reactive ketones (excluding diaryl/α,β-unsaturated/α-hetero) is 1. The highest BCUT2D eigenvalue weighted by Crippen LogP contribution is 2.27. The van der Waals surface area contributed by atoms with Crippen LogP contribution in [0.3, 0.4) is 0 Å². The Hall–Kier alpha value is -2.75. The largest absolute Gasteiger partial charge is 0.294 e. The molecule has 3 aromatic rings. The van der Waals surface area contributed by atoms with Crippen molar-refractivity contribution in [3.63, 3.8) is 0 Å². The summed E-state index contributed by atoms with van der Waals surface area (Å²) in [5.74, 6) is 0.824. The average molecular weight is 385 g/mol. The fourth-order valence-electron chi connectivity index (χ4n) is 4.12. The van der Waals surface area contributed by atoms with Gasteiger partial charge in [0.2, 0.25) is 0 Å². The van der Waals surface area contributed by atoms with Crippen molar-refractivity contribution in [1.82, 2.24) is 10.4 Å². The van der Waals surface area contributed by atoms with Crippen molar-refractivity contribution in [2.75, 3.05) is 13.1 Å². The minimum Gasteiger partial charge on any atom is -0.294 e. The average Bonchev–Trinajstić information content (AvgIpc) is 2.79. The first kappa shape index (κ1) is 19.6. The molecular formula is C26H28N2O. The zero-order chi connectivity index (χ0) is 19.9. The molecular weight excluding hydrogens is 356 g/mol. The number of carbonyl (C=O) groups is 1. The number of piperidine rings is 1. The van der Waals surface area contributed by atoms with Crippen molar-refractivity contribution in [2.45, 2.75) is 31.7 Å². The van der Waals surface area contributed by atoms with Crippen molar-refractivity contribution < 1.29 is 4.79 Å². The molecule has 1 aliphatic rings. The standard InChI is InChI=1S/C26H28N2O/c29-26(19-21-9-3-1-4-10-21)25-14-8-7-13-24(25)20-27-28-17-15-23(16-18-28)22-11-5-2-6-12-22/h1-14,23,27H,15-20H2. The molecule has 1 fully saturated rings. The van der Waals surface area contributed by atoms with Gasteiger partial charge in [-0.05, 0) is 35.4 Å². The molecule has 1 heterocycles. The van der Waals surface area contributed by atoms with Gasteiger partial charge in [-0.3, -0.25) is 10.2 Å². The number of nitrogens with zero attached hydrogens (tertiary/aromatic N) is 1. The Balaban J connectivity index is 1.33. The molecule has 3 nitrogen and oxygen atoms in total. The lowest BCUT2D eigenvalue weighted by Gasteiger charge is -2.32. The predicted molar refractivity (Wildman–Crippen MR) is 118 cm³/mol. The van der Waals surface area contributed by atoms with E-state index >= 15 is 0 Å². The van der Waals surface area contributed by atoms with E-state index in [9.17, 15) is 4.79 Å². The fourth-order valence-corrected chi connectivity index (χ4v) is 4.12. The Morgan fingerprint density at radius 1 is 0.828 bits per heavy atom. The number of nitrogens with one attached hydrogen (secondary N) is 1. The van der Waals surface area contributed by atoms with E-state index < -0.39 is 0 Å². The molecule has 29 heavy (non-hydrogen) atoms. The summed E-state index contributed by atoms with van der Waals surface area (Å²) in [5.41, 5.74) is 7.95. The molecule has 1 N–H and O–H groups in total. The normalized spacial score (nSPS) is 15.3. The Kier molecular flexibility index (Phi) is 6.50. The van der Waals surface area contributed by atoms with E-state index in [2.05, 4.69) is 46.8 Å². The van der Waals surface area contributed by atoms with E-state index in [4.69, 9.17) is 0 Å². The highest BCUT2D eigenvalue weighted by molar-refractivity contribution is 5.98. The molecule has 1 saturated heterocycles. The van der Waals surface area contributed by atoms with E-state index in [0.717, 1.165) is 42.6 Å². The maximum atomic E-state index is 12.8. The number of hydrazine groups is 1. The molecule has 0 amide bonds. The quantitative estimate of drug-likeness (QED) is 0.582. The molecule has 1 aliphatic heterocycles. The summed E-state index contributed by atoms with van der Waals surface area (Å²) in [5, 5.41) is 2.30. The lowest BCUT2D eigenvalue weighted by Crippen LogP contribution is -2.43. The van der Waals surface area contributed by atoms with E-state index in [1.54, 1.807) is 0 Å². The minimum absolute atomic E-state index is 0.177. The van der Waals surface area contributed by atoms with Gasteiger partial charge < -0.3 is 0 Å². The maximum absolute atomic E-state index is 12.8. The van der Waals surface area contributed by atoms with Gasteiger partial charge in [0, 0.05) is 31.6 Å². The smallest absolute Gasteiger partial charge is 0.167 e. The second-order valence-corrected chi connectivity index (χ2v) is 7.75. The summed E-state index contributed by atoms with van der Waals surface area (Å²) in [7, 11) is 0. The molecule has 0 aliphatic carbocycles. The molecule has 0 spiro atoms. The number of hydrogen-bond acceptors (Lipinski definition) is 3. The zero-order valence-corrected chi connectivity index (χ0v) is 16.8. The van der Waals surface area contributed by atoms with Crippen LogP contribution in [0.4, 0.5) is 0 Å². The van der Waals surface area contributed by atoms with Crippen LogP contribution in [0.5, 0.6) is 0 Å². The number of carbonyl (C=O) groups excluding carboxylic acids is 1. The van der Waals surface area contributed by atoms with Gasteiger partial charge in [-0.25, -0.2) is 5.01 Å². The first-order valence-electron chi connectivity index (χ1n) is 10.5. The van der Waals surface area contributed by atoms with Crippen LogP contribution < -0.4 is 5.43 Å². The highest BCUT2D eigenvalue weighted by atomic mass is 16.1. The number of benzene rings is 3. The second-order valence-electron chi connectivity index (χ2n) is 7.75. The molecule has 0 unspecified atom stereocenters. The van der Waals surface area contributed by atoms with Gasteiger partial charge in [0.1, 0.15) is 0 Å². The van der Waals surface area contributed by atoms with Crippen LogP contribution in [-0.4, -0.2) is 23.9 Å². The van der Waals surface area contributed by atoms with E-state index in [1.165, 1.54) is 5.56 Å². The summed E-state index contributed by atoms with van der Waals surface area (Å²) in [6, 6.07) is 28.7. The molecule has 4 rings (SSSR count). The summed E-state index contributed by atoms with van der Waals surface area (Å²) in [4.78, 5) is 12.8. The van der Waals surface area contributed by atoms with E-state index in [1.807, 2.05) is 48.5 Å². The number of rotatable bonds is 7. The Morgan fingerprint density at radius 3 is 2.17 bits per heavy atom. The first-order chi connectivity index (χ1) is 14.3. The monoisotopic (exact) mass is 384 g/mol. The van der Waals surface area contributed by atoms with Crippen LogP contribution in [0.2, 0.25) is 0 Å². The van der Waals surface area contributed by atoms with Gasteiger partial charge in [-0.1, -0.05) is 84.9 Å². The minimum atomic E-state index is 0.177. The molecule has 0 radical (unpaired) electrons. The lowest BCUT2D eigenvalue weighted by molar-refractivity contribution is 0.0990. The van der Waals surface area contributed by atoms with Gasteiger partial charge in [0.05, 0.1) is 0 Å². The molecule has 0 aromatic heterocycles. The van der Waals surface area contributed by atoms with E-state index in [-0.39, 0.29) is 5.78 Å². The summed E-state index contributed by atoms with van der Waals surface area (Å²) < 4.78 is 0. The van der Waals surface area contributed by atoms with Crippen LogP contribution >= 0.6 is 0 Å². The van der Waals surface area contributed by atoms with Crippen LogP contribution in [0.25, 0.3) is 0 Å². The molecule has 3 aromatic carbocycles. The lowest BCUT2D eigenvalue weighted by atomic mass is 9.90. The van der Waals surface area contributed by atoms with Crippen LogP contribution in [0.15, 0.2) is 84.9 Å². The Bertz CT molecular complexity index is 916. The van der Waals surface area contributed by atoms with Gasteiger partial charge >= 0.3 is 0 Å². The molecule has 148 valence electrons. The van der Waals surface area contributed by atoms with Gasteiger partial charge in [0.25, 0.3) is 0 Å². The molecule has 0 saturated carbocycles. The predicted octanol–water partition coefficient (Wildman–Crippen LogP) is 5.00. The Labute approximate surface area is 173 Å². The summed E-state index contributed by atoms with van der Waals surface area (Å²) >= 11 is 0. The Morgan fingerprint density at radius 2 is 1.45 bits per heavy atom. The van der Waals surface area contributed by atoms with Crippen molar-refractivity contribution >= 4 is 5.78 Å². The highest BCUT2D eigenvalue weighted by Gasteiger charge is 2.20. The van der Waals surface area contributed by atoms with Crippen molar-refractivity contribution in [3.8, 4) is 0 Å².